The molecule has 0 saturated heterocycles. The molecule has 0 spiro atoms. The van der Waals surface area contributed by atoms with Gasteiger partial charge in [-0.3, -0.25) is 0 Å². The molecule has 1 heterocycles. The highest BCUT2D eigenvalue weighted by molar-refractivity contribution is 7.11. The summed E-state index contributed by atoms with van der Waals surface area (Å²) in [7, 11) is 0. The minimum atomic E-state index is 0.157. The Balaban J connectivity index is 2.79. The summed E-state index contributed by atoms with van der Waals surface area (Å²) in [6.45, 7) is 7.21. The maximum absolute atomic E-state index is 5.45. The number of nitrogens with zero attached hydrogens (tertiary/aromatic N) is 2. The van der Waals surface area contributed by atoms with E-state index in [9.17, 15) is 0 Å². The molecule has 0 radical (unpaired) electrons. The summed E-state index contributed by atoms with van der Waals surface area (Å²) in [5.74, 6) is 0. The molecule has 0 saturated carbocycles. The van der Waals surface area contributed by atoms with Gasteiger partial charge in [0, 0.05) is 11.8 Å². The molecule has 1 aromatic rings. The molecule has 4 heteroatoms. The fraction of sp³-hybridized carbons (Fsp3) is 0.778. The molecular weight excluding hydrogens is 182 g/mol. The first kappa shape index (κ1) is 10.6. The predicted molar refractivity (Wildman–Crippen MR) is 56.0 cm³/mol. The smallest absolute Gasteiger partial charge is 0.123 e. The molecule has 0 bridgehead atoms. The SMILES string of the molecule is CCC(C)(C)c1nnc(CCN)s1. The van der Waals surface area contributed by atoms with Gasteiger partial charge in [0.1, 0.15) is 10.0 Å². The van der Waals surface area contributed by atoms with Gasteiger partial charge in [0.05, 0.1) is 0 Å². The van der Waals surface area contributed by atoms with Crippen LogP contribution >= 0.6 is 11.3 Å². The third kappa shape index (κ3) is 2.48. The Bertz CT molecular complexity index is 268. The van der Waals surface area contributed by atoms with E-state index in [1.165, 1.54) is 0 Å². The number of hydrogen-bond acceptors (Lipinski definition) is 4. The van der Waals surface area contributed by atoms with Crippen molar-refractivity contribution in [3.05, 3.63) is 10.0 Å². The van der Waals surface area contributed by atoms with Crippen molar-refractivity contribution in [2.75, 3.05) is 6.54 Å². The van der Waals surface area contributed by atoms with Crippen molar-refractivity contribution in [3.8, 4) is 0 Å². The van der Waals surface area contributed by atoms with Crippen LogP contribution in [0.15, 0.2) is 0 Å². The number of aromatic nitrogens is 2. The highest BCUT2D eigenvalue weighted by Crippen LogP contribution is 2.28. The molecule has 1 rings (SSSR count). The van der Waals surface area contributed by atoms with E-state index in [0.29, 0.717) is 6.54 Å². The molecule has 0 aliphatic heterocycles. The topological polar surface area (TPSA) is 51.8 Å². The minimum absolute atomic E-state index is 0.157. The van der Waals surface area contributed by atoms with Crippen molar-refractivity contribution in [3.63, 3.8) is 0 Å². The van der Waals surface area contributed by atoms with Crippen LogP contribution in [0.3, 0.4) is 0 Å². The van der Waals surface area contributed by atoms with Crippen LogP contribution < -0.4 is 5.73 Å². The second-order valence-electron chi connectivity index (χ2n) is 3.78. The summed E-state index contributed by atoms with van der Waals surface area (Å²) in [5, 5.41) is 10.5. The highest BCUT2D eigenvalue weighted by atomic mass is 32.1. The zero-order valence-electron chi connectivity index (χ0n) is 8.50. The van der Waals surface area contributed by atoms with Crippen molar-refractivity contribution in [1.29, 1.82) is 0 Å². The maximum atomic E-state index is 5.45. The maximum Gasteiger partial charge on any atom is 0.123 e. The van der Waals surface area contributed by atoms with Crippen molar-refractivity contribution < 1.29 is 0 Å². The first-order valence-electron chi connectivity index (χ1n) is 4.63. The Morgan fingerprint density at radius 3 is 2.62 bits per heavy atom. The Labute approximate surface area is 83.4 Å². The molecule has 0 unspecified atom stereocenters. The van der Waals surface area contributed by atoms with E-state index >= 15 is 0 Å². The summed E-state index contributed by atoms with van der Waals surface area (Å²) in [6, 6.07) is 0. The Hall–Kier alpha value is -0.480. The lowest BCUT2D eigenvalue weighted by atomic mass is 9.91. The molecule has 13 heavy (non-hydrogen) atoms. The third-order valence-electron chi connectivity index (χ3n) is 2.29. The van der Waals surface area contributed by atoms with Crippen molar-refractivity contribution in [2.24, 2.45) is 5.73 Å². The van der Waals surface area contributed by atoms with Gasteiger partial charge in [-0.25, -0.2) is 0 Å². The van der Waals surface area contributed by atoms with Gasteiger partial charge in [0.25, 0.3) is 0 Å². The van der Waals surface area contributed by atoms with E-state index in [0.717, 1.165) is 22.9 Å². The Morgan fingerprint density at radius 2 is 2.08 bits per heavy atom. The van der Waals surface area contributed by atoms with Crippen LogP contribution in [0.1, 0.15) is 37.2 Å². The fourth-order valence-electron chi connectivity index (χ4n) is 0.903. The molecular formula is C9H17N3S. The zero-order valence-corrected chi connectivity index (χ0v) is 9.32. The lowest BCUT2D eigenvalue weighted by molar-refractivity contribution is 0.498. The average molecular weight is 199 g/mol. The molecule has 0 aliphatic rings. The van der Waals surface area contributed by atoms with Gasteiger partial charge in [0.2, 0.25) is 0 Å². The van der Waals surface area contributed by atoms with Crippen molar-refractivity contribution in [1.82, 2.24) is 10.2 Å². The van der Waals surface area contributed by atoms with Crippen LogP contribution in [-0.4, -0.2) is 16.7 Å². The molecule has 74 valence electrons. The number of nitrogens with two attached hydrogens (primary N) is 1. The summed E-state index contributed by atoms with van der Waals surface area (Å²) >= 11 is 1.69. The van der Waals surface area contributed by atoms with Crippen LogP contribution in [-0.2, 0) is 11.8 Å². The molecule has 0 fully saturated rings. The normalized spacial score (nSPS) is 12.0. The summed E-state index contributed by atoms with van der Waals surface area (Å²) < 4.78 is 0. The number of rotatable bonds is 4. The van der Waals surface area contributed by atoms with Gasteiger partial charge in [0.15, 0.2) is 0 Å². The van der Waals surface area contributed by atoms with Gasteiger partial charge in [-0.2, -0.15) is 0 Å². The van der Waals surface area contributed by atoms with Gasteiger partial charge >= 0.3 is 0 Å². The first-order valence-corrected chi connectivity index (χ1v) is 5.44. The molecule has 1 aromatic heterocycles. The second-order valence-corrected chi connectivity index (χ2v) is 4.84. The van der Waals surface area contributed by atoms with E-state index < -0.39 is 0 Å². The molecule has 0 aromatic carbocycles. The van der Waals surface area contributed by atoms with E-state index in [1.807, 2.05) is 0 Å². The van der Waals surface area contributed by atoms with E-state index in [4.69, 9.17) is 5.73 Å². The molecule has 0 aliphatic carbocycles. The molecule has 0 amide bonds. The van der Waals surface area contributed by atoms with Gasteiger partial charge in [-0.15, -0.1) is 21.5 Å². The van der Waals surface area contributed by atoms with Crippen molar-refractivity contribution >= 4 is 11.3 Å². The van der Waals surface area contributed by atoms with Crippen LogP contribution in [0, 0.1) is 0 Å². The van der Waals surface area contributed by atoms with Gasteiger partial charge in [-0.1, -0.05) is 20.8 Å². The molecule has 0 atom stereocenters. The second kappa shape index (κ2) is 4.15. The largest absolute Gasteiger partial charge is 0.330 e. The van der Waals surface area contributed by atoms with E-state index in [2.05, 4.69) is 31.0 Å². The minimum Gasteiger partial charge on any atom is -0.330 e. The lowest BCUT2D eigenvalue weighted by Gasteiger charge is -2.17. The summed E-state index contributed by atoms with van der Waals surface area (Å²) in [5.41, 5.74) is 5.61. The predicted octanol–water partition coefficient (Wildman–Crippen LogP) is 1.73. The fourth-order valence-corrected chi connectivity index (χ4v) is 1.93. The van der Waals surface area contributed by atoms with E-state index in [1.54, 1.807) is 11.3 Å². The highest BCUT2D eigenvalue weighted by Gasteiger charge is 2.22. The monoisotopic (exact) mass is 199 g/mol. The summed E-state index contributed by atoms with van der Waals surface area (Å²) in [6.07, 6.45) is 1.93. The Kier molecular flexibility index (Phi) is 3.39. The van der Waals surface area contributed by atoms with Crippen LogP contribution in [0.4, 0.5) is 0 Å². The van der Waals surface area contributed by atoms with Gasteiger partial charge < -0.3 is 5.73 Å². The lowest BCUT2D eigenvalue weighted by Crippen LogP contribution is -2.14. The van der Waals surface area contributed by atoms with Crippen LogP contribution in [0.25, 0.3) is 0 Å². The van der Waals surface area contributed by atoms with E-state index in [-0.39, 0.29) is 5.41 Å². The quantitative estimate of drug-likeness (QED) is 0.803. The third-order valence-corrected chi connectivity index (χ3v) is 3.64. The van der Waals surface area contributed by atoms with Crippen LogP contribution in [0.2, 0.25) is 0 Å². The first-order chi connectivity index (χ1) is 6.10. The zero-order chi connectivity index (χ0) is 9.90. The Morgan fingerprint density at radius 1 is 1.38 bits per heavy atom. The van der Waals surface area contributed by atoms with Crippen molar-refractivity contribution in [2.45, 2.75) is 39.0 Å². The summed E-state index contributed by atoms with van der Waals surface area (Å²) in [4.78, 5) is 0. The standard InChI is InChI=1S/C9H17N3S/c1-4-9(2,3)8-12-11-7(13-8)5-6-10/h4-6,10H2,1-3H3. The molecule has 2 N–H and O–H groups in total. The number of hydrogen-bond donors (Lipinski definition) is 1. The van der Waals surface area contributed by atoms with Crippen LogP contribution in [0.5, 0.6) is 0 Å². The molecule has 3 nitrogen and oxygen atoms in total. The van der Waals surface area contributed by atoms with Gasteiger partial charge in [-0.05, 0) is 13.0 Å². The average Bonchev–Trinajstić information content (AvgIpc) is 2.54.